The molecule has 0 atom stereocenters. The van der Waals surface area contributed by atoms with Gasteiger partial charge >= 0.3 is 0 Å². The maximum Gasteiger partial charge on any atom is 0.268 e. The van der Waals surface area contributed by atoms with Crippen LogP contribution in [-0.4, -0.2) is 49.6 Å². The first-order valence-electron chi connectivity index (χ1n) is 15.0. The first-order valence-corrected chi connectivity index (χ1v) is 19.4. The molecular weight excluding hydrogens is 593 g/mol. The highest BCUT2D eigenvalue weighted by atomic mass is 32.2. The summed E-state index contributed by atoms with van der Waals surface area (Å²) in [5.41, 5.74) is 2.49. The second-order valence-electron chi connectivity index (χ2n) is 12.4. The standard InChI is InChI=1S/C34H44N2O6SSi/c1-8-9-23-42-27-14-17-29(31(24-27)41-5)33(37)32-30(19-22-36(32)43(38,39)28-15-12-25(2)13-16-28)35-21-10-11-26(35)18-20-34(3,4)44(6,7)40/h10-17,19,21-22,24,40H,8-9,18,20,23H2,1-7H3. The predicted octanol–water partition coefficient (Wildman–Crippen LogP) is 7.15. The SMILES string of the molecule is CCCCOc1ccc(C(=O)c2c(-n3cccc3CCC(C)(C)[Si](C)(C)O)ccn2S(=O)(=O)c2ccc(C)cc2)c(OC)c1. The fourth-order valence-corrected chi connectivity index (χ4v) is 6.93. The van der Waals surface area contributed by atoms with Crippen LogP contribution in [0.2, 0.25) is 18.1 Å². The summed E-state index contributed by atoms with van der Waals surface area (Å²) in [4.78, 5) is 25.4. The van der Waals surface area contributed by atoms with E-state index in [4.69, 9.17) is 9.47 Å². The second-order valence-corrected chi connectivity index (χ2v) is 18.7. The zero-order valence-corrected chi connectivity index (χ0v) is 28.6. The molecule has 4 rings (SSSR count). The van der Waals surface area contributed by atoms with E-state index in [0.717, 1.165) is 34.5 Å². The highest BCUT2D eigenvalue weighted by molar-refractivity contribution is 7.90. The molecule has 8 nitrogen and oxygen atoms in total. The van der Waals surface area contributed by atoms with Crippen molar-refractivity contribution in [1.29, 1.82) is 0 Å². The van der Waals surface area contributed by atoms with Crippen LogP contribution in [0, 0.1) is 6.92 Å². The van der Waals surface area contributed by atoms with Crippen LogP contribution in [0.25, 0.3) is 5.69 Å². The zero-order chi connectivity index (χ0) is 32.3. The van der Waals surface area contributed by atoms with Crippen LogP contribution < -0.4 is 9.47 Å². The van der Waals surface area contributed by atoms with E-state index in [9.17, 15) is 18.0 Å². The van der Waals surface area contributed by atoms with Crippen molar-refractivity contribution >= 4 is 24.1 Å². The van der Waals surface area contributed by atoms with E-state index in [0.29, 0.717) is 30.2 Å². The molecule has 0 spiro atoms. The van der Waals surface area contributed by atoms with Gasteiger partial charge in [-0.1, -0.05) is 44.9 Å². The summed E-state index contributed by atoms with van der Waals surface area (Å²) in [5, 5.41) is -0.254. The van der Waals surface area contributed by atoms with Crippen molar-refractivity contribution in [3.05, 3.63) is 95.6 Å². The number of ketones is 1. The lowest BCUT2D eigenvalue weighted by Crippen LogP contribution is -2.39. The first kappa shape index (κ1) is 33.3. The molecule has 0 unspecified atom stereocenters. The van der Waals surface area contributed by atoms with Crippen LogP contribution in [-0.2, 0) is 16.4 Å². The molecule has 2 aromatic carbocycles. The molecule has 0 aliphatic heterocycles. The summed E-state index contributed by atoms with van der Waals surface area (Å²) in [5.74, 6) is 0.363. The highest BCUT2D eigenvalue weighted by Gasteiger charge is 2.38. The van der Waals surface area contributed by atoms with Crippen molar-refractivity contribution in [2.24, 2.45) is 0 Å². The Balaban J connectivity index is 1.85. The van der Waals surface area contributed by atoms with Crippen molar-refractivity contribution in [3.63, 3.8) is 0 Å². The van der Waals surface area contributed by atoms with Crippen molar-refractivity contribution in [3.8, 4) is 17.2 Å². The molecule has 0 saturated heterocycles. The number of aryl methyl sites for hydroxylation is 2. The molecule has 44 heavy (non-hydrogen) atoms. The lowest BCUT2D eigenvalue weighted by atomic mass is 10.0. The fourth-order valence-electron chi connectivity index (χ4n) is 4.85. The quantitative estimate of drug-likeness (QED) is 0.0896. The van der Waals surface area contributed by atoms with Gasteiger partial charge in [-0.3, -0.25) is 4.79 Å². The van der Waals surface area contributed by atoms with E-state index in [1.54, 1.807) is 48.5 Å². The average Bonchev–Trinajstić information content (AvgIpc) is 3.63. The lowest BCUT2D eigenvalue weighted by Gasteiger charge is -2.35. The number of carbonyl (C=O) groups is 1. The Morgan fingerprint density at radius 1 is 1.02 bits per heavy atom. The van der Waals surface area contributed by atoms with Gasteiger partial charge in [-0.25, -0.2) is 12.4 Å². The van der Waals surface area contributed by atoms with Crippen LogP contribution in [0.3, 0.4) is 0 Å². The van der Waals surface area contributed by atoms with Gasteiger partial charge in [0, 0.05) is 24.2 Å². The first-order chi connectivity index (χ1) is 20.7. The Bertz CT molecular complexity index is 1710. The van der Waals surface area contributed by atoms with Gasteiger partial charge in [-0.15, -0.1) is 0 Å². The zero-order valence-electron chi connectivity index (χ0n) is 26.8. The van der Waals surface area contributed by atoms with Crippen molar-refractivity contribution in [2.75, 3.05) is 13.7 Å². The van der Waals surface area contributed by atoms with E-state index in [1.807, 2.05) is 42.9 Å². The third-order valence-corrected chi connectivity index (χ3v) is 13.8. The maximum absolute atomic E-state index is 14.4. The Morgan fingerprint density at radius 3 is 2.36 bits per heavy atom. The molecule has 0 aliphatic carbocycles. The number of ether oxygens (including phenoxy) is 2. The number of aromatic nitrogens is 2. The predicted molar refractivity (Wildman–Crippen MR) is 176 cm³/mol. The monoisotopic (exact) mass is 636 g/mol. The second kappa shape index (κ2) is 13.2. The van der Waals surface area contributed by atoms with E-state index in [1.165, 1.54) is 13.3 Å². The van der Waals surface area contributed by atoms with Gasteiger partial charge in [-0.05, 0) is 86.8 Å². The minimum atomic E-state index is -4.13. The summed E-state index contributed by atoms with van der Waals surface area (Å²) in [7, 11) is -5.10. The summed E-state index contributed by atoms with van der Waals surface area (Å²) in [6, 6.07) is 17.1. The molecule has 0 amide bonds. The van der Waals surface area contributed by atoms with E-state index in [2.05, 4.69) is 20.8 Å². The number of nitrogens with zero attached hydrogens (tertiary/aromatic N) is 2. The summed E-state index contributed by atoms with van der Waals surface area (Å²) in [6.45, 7) is 12.5. The Labute approximate surface area is 262 Å². The van der Waals surface area contributed by atoms with Crippen LogP contribution in [0.15, 0.2) is 78.0 Å². The molecule has 0 fully saturated rings. The van der Waals surface area contributed by atoms with Gasteiger partial charge in [0.15, 0.2) is 8.32 Å². The third kappa shape index (κ3) is 6.87. The molecule has 10 heteroatoms. The van der Waals surface area contributed by atoms with Crippen LogP contribution in [0.5, 0.6) is 11.5 Å². The van der Waals surface area contributed by atoms with Crippen molar-refractivity contribution < 1.29 is 27.5 Å². The van der Waals surface area contributed by atoms with Crippen LogP contribution >= 0.6 is 0 Å². The Morgan fingerprint density at radius 2 is 1.73 bits per heavy atom. The number of hydrogen-bond donors (Lipinski definition) is 1. The molecule has 0 aliphatic rings. The van der Waals surface area contributed by atoms with Gasteiger partial charge in [0.2, 0.25) is 5.78 Å². The smallest absolute Gasteiger partial charge is 0.268 e. The number of rotatable bonds is 14. The molecule has 1 N–H and O–H groups in total. The van der Waals surface area contributed by atoms with E-state index < -0.39 is 24.1 Å². The van der Waals surface area contributed by atoms with E-state index >= 15 is 0 Å². The average molecular weight is 637 g/mol. The molecule has 2 heterocycles. The van der Waals surface area contributed by atoms with Gasteiger partial charge in [0.1, 0.15) is 17.2 Å². The Hall–Kier alpha value is -3.60. The van der Waals surface area contributed by atoms with Crippen LogP contribution in [0.4, 0.5) is 0 Å². The van der Waals surface area contributed by atoms with Gasteiger partial charge in [0.25, 0.3) is 10.0 Å². The molecule has 0 radical (unpaired) electrons. The summed E-state index contributed by atoms with van der Waals surface area (Å²) >= 11 is 0. The maximum atomic E-state index is 14.4. The number of unbranched alkanes of at least 4 members (excludes halogenated alkanes) is 1. The Kier molecular flexibility index (Phi) is 9.97. The fraction of sp³-hybridized carbons (Fsp3) is 0.382. The number of benzene rings is 2. The molecule has 236 valence electrons. The van der Waals surface area contributed by atoms with Crippen molar-refractivity contribution in [1.82, 2.24) is 8.54 Å². The normalized spacial score (nSPS) is 12.4. The van der Waals surface area contributed by atoms with Gasteiger partial charge < -0.3 is 18.8 Å². The molecular formula is C34H44N2O6SSi. The number of methoxy groups -OCH3 is 1. The number of carbonyl (C=O) groups excluding carboxylic acids is 1. The van der Waals surface area contributed by atoms with E-state index in [-0.39, 0.29) is 21.2 Å². The molecule has 4 aromatic rings. The van der Waals surface area contributed by atoms with Gasteiger partial charge in [-0.2, -0.15) is 0 Å². The van der Waals surface area contributed by atoms with Crippen molar-refractivity contribution in [2.45, 2.75) is 76.4 Å². The molecule has 0 bridgehead atoms. The topological polar surface area (TPSA) is 99.8 Å². The summed E-state index contributed by atoms with van der Waals surface area (Å²) < 4.78 is 42.4. The van der Waals surface area contributed by atoms with Gasteiger partial charge in [0.05, 0.1) is 29.9 Å². The molecule has 2 aromatic heterocycles. The lowest BCUT2D eigenvalue weighted by molar-refractivity contribution is 0.103. The highest BCUT2D eigenvalue weighted by Crippen LogP contribution is 2.40. The minimum Gasteiger partial charge on any atom is -0.496 e. The third-order valence-electron chi connectivity index (χ3n) is 8.56. The summed E-state index contributed by atoms with van der Waals surface area (Å²) in [6.07, 6.45) is 6.51. The van der Waals surface area contributed by atoms with Crippen LogP contribution in [0.1, 0.15) is 67.3 Å². The largest absolute Gasteiger partial charge is 0.496 e. The molecule has 0 saturated carbocycles. The number of hydrogen-bond acceptors (Lipinski definition) is 6. The minimum absolute atomic E-state index is 0.00269.